The maximum Gasteiger partial charge on any atom is 0.240 e. The number of nitrogens with one attached hydrogen (secondary N) is 2. The summed E-state index contributed by atoms with van der Waals surface area (Å²) in [5.74, 6) is 0.392. The summed E-state index contributed by atoms with van der Waals surface area (Å²) in [5, 5.41) is 3.22. The molecule has 112 valence electrons. The normalized spacial score (nSPS) is 20.2. The van der Waals surface area contributed by atoms with Crippen LogP contribution in [0.5, 0.6) is 0 Å². The molecule has 0 spiro atoms. The Morgan fingerprint density at radius 2 is 2.05 bits per heavy atom. The summed E-state index contributed by atoms with van der Waals surface area (Å²) in [4.78, 5) is 0.304. The van der Waals surface area contributed by atoms with Crippen LogP contribution in [0, 0.1) is 0 Å². The van der Waals surface area contributed by atoms with Gasteiger partial charge in [-0.1, -0.05) is 26.0 Å². The van der Waals surface area contributed by atoms with Crippen molar-refractivity contribution in [2.75, 3.05) is 26.3 Å². The molecular formula is C14H22N2O3S. The van der Waals surface area contributed by atoms with Gasteiger partial charge in [-0.3, -0.25) is 0 Å². The van der Waals surface area contributed by atoms with Gasteiger partial charge < -0.3 is 10.1 Å². The molecule has 6 heteroatoms. The number of benzene rings is 1. The van der Waals surface area contributed by atoms with Gasteiger partial charge in [0.2, 0.25) is 10.0 Å². The van der Waals surface area contributed by atoms with E-state index < -0.39 is 10.0 Å². The van der Waals surface area contributed by atoms with Gasteiger partial charge in [0.1, 0.15) is 0 Å². The first-order chi connectivity index (χ1) is 9.49. The SMILES string of the molecule is CC(C)c1ccc(S(=O)(=O)NCC2COCCN2)cc1. The van der Waals surface area contributed by atoms with Gasteiger partial charge in [-0.2, -0.15) is 0 Å². The minimum Gasteiger partial charge on any atom is -0.378 e. The van der Waals surface area contributed by atoms with Crippen LogP contribution in [0.15, 0.2) is 29.2 Å². The van der Waals surface area contributed by atoms with Crippen molar-refractivity contribution >= 4 is 10.0 Å². The third kappa shape index (κ3) is 4.02. The Hall–Kier alpha value is -0.950. The van der Waals surface area contributed by atoms with Gasteiger partial charge in [-0.25, -0.2) is 13.1 Å². The van der Waals surface area contributed by atoms with Crippen LogP contribution in [0.25, 0.3) is 0 Å². The van der Waals surface area contributed by atoms with Crippen molar-refractivity contribution < 1.29 is 13.2 Å². The molecule has 1 saturated heterocycles. The van der Waals surface area contributed by atoms with E-state index in [0.717, 1.165) is 12.1 Å². The monoisotopic (exact) mass is 298 g/mol. The second-order valence-electron chi connectivity index (χ2n) is 5.30. The summed E-state index contributed by atoms with van der Waals surface area (Å²) in [6.45, 7) is 6.48. The average Bonchev–Trinajstić information content (AvgIpc) is 2.46. The fraction of sp³-hybridized carbons (Fsp3) is 0.571. The quantitative estimate of drug-likeness (QED) is 0.853. The lowest BCUT2D eigenvalue weighted by Crippen LogP contribution is -2.48. The van der Waals surface area contributed by atoms with Crippen molar-refractivity contribution in [2.45, 2.75) is 30.7 Å². The van der Waals surface area contributed by atoms with Crippen molar-refractivity contribution in [3.8, 4) is 0 Å². The first-order valence-corrected chi connectivity index (χ1v) is 8.38. The van der Waals surface area contributed by atoms with Gasteiger partial charge in [0, 0.05) is 19.1 Å². The van der Waals surface area contributed by atoms with Crippen LogP contribution in [-0.2, 0) is 14.8 Å². The van der Waals surface area contributed by atoms with E-state index in [1.54, 1.807) is 12.1 Å². The Labute approximate surface area is 120 Å². The Bertz CT molecular complexity index is 520. The fourth-order valence-electron chi connectivity index (χ4n) is 2.08. The minimum absolute atomic E-state index is 0.0356. The van der Waals surface area contributed by atoms with Gasteiger partial charge in [0.05, 0.1) is 18.1 Å². The Morgan fingerprint density at radius 3 is 2.60 bits per heavy atom. The van der Waals surface area contributed by atoms with Crippen LogP contribution in [0.4, 0.5) is 0 Å². The van der Waals surface area contributed by atoms with Crippen molar-refractivity contribution in [3.05, 3.63) is 29.8 Å². The summed E-state index contributed by atoms with van der Waals surface area (Å²) in [7, 11) is -3.45. The molecule has 1 aliphatic heterocycles. The van der Waals surface area contributed by atoms with Gasteiger partial charge in [-0.15, -0.1) is 0 Å². The Balaban J connectivity index is 1.98. The third-order valence-electron chi connectivity index (χ3n) is 3.38. The summed E-state index contributed by atoms with van der Waals surface area (Å²) in [5.41, 5.74) is 1.13. The fourth-order valence-corrected chi connectivity index (χ4v) is 3.16. The van der Waals surface area contributed by atoms with Crippen molar-refractivity contribution in [1.82, 2.24) is 10.0 Å². The first kappa shape index (κ1) is 15.4. The molecule has 1 aromatic carbocycles. The molecule has 0 aromatic heterocycles. The van der Waals surface area contributed by atoms with E-state index in [9.17, 15) is 8.42 Å². The molecule has 1 fully saturated rings. The topological polar surface area (TPSA) is 67.4 Å². The molecule has 20 heavy (non-hydrogen) atoms. The molecule has 0 saturated carbocycles. The van der Waals surface area contributed by atoms with Gasteiger partial charge in [0.15, 0.2) is 0 Å². The van der Waals surface area contributed by atoms with E-state index in [1.807, 2.05) is 12.1 Å². The second kappa shape index (κ2) is 6.67. The number of morpholine rings is 1. The molecule has 0 radical (unpaired) electrons. The summed E-state index contributed by atoms with van der Waals surface area (Å²) < 4.78 is 32.3. The average molecular weight is 298 g/mol. The van der Waals surface area contributed by atoms with Crippen LogP contribution in [-0.4, -0.2) is 40.8 Å². The van der Waals surface area contributed by atoms with E-state index in [-0.39, 0.29) is 6.04 Å². The van der Waals surface area contributed by atoms with Crippen molar-refractivity contribution in [1.29, 1.82) is 0 Å². The highest BCUT2D eigenvalue weighted by Crippen LogP contribution is 2.17. The first-order valence-electron chi connectivity index (χ1n) is 6.90. The zero-order valence-electron chi connectivity index (χ0n) is 11.9. The molecule has 2 rings (SSSR count). The van der Waals surface area contributed by atoms with E-state index >= 15 is 0 Å². The maximum atomic E-state index is 12.2. The standard InChI is InChI=1S/C14H22N2O3S/c1-11(2)12-3-5-14(6-4-12)20(17,18)16-9-13-10-19-8-7-15-13/h3-6,11,13,15-16H,7-10H2,1-2H3. The van der Waals surface area contributed by atoms with E-state index in [0.29, 0.717) is 30.6 Å². The van der Waals surface area contributed by atoms with Crippen LogP contribution >= 0.6 is 0 Å². The highest BCUT2D eigenvalue weighted by molar-refractivity contribution is 7.89. The Morgan fingerprint density at radius 1 is 1.35 bits per heavy atom. The minimum atomic E-state index is -3.45. The molecular weight excluding hydrogens is 276 g/mol. The second-order valence-corrected chi connectivity index (χ2v) is 7.07. The lowest BCUT2D eigenvalue weighted by Gasteiger charge is -2.23. The predicted octanol–water partition coefficient (Wildman–Crippen LogP) is 1.08. The molecule has 0 bridgehead atoms. The largest absolute Gasteiger partial charge is 0.378 e. The molecule has 1 aromatic rings. The highest BCUT2D eigenvalue weighted by atomic mass is 32.2. The molecule has 1 heterocycles. The van der Waals surface area contributed by atoms with Gasteiger partial charge in [0.25, 0.3) is 0 Å². The highest BCUT2D eigenvalue weighted by Gasteiger charge is 2.18. The summed E-state index contributed by atoms with van der Waals surface area (Å²) in [6, 6.07) is 7.07. The van der Waals surface area contributed by atoms with Crippen LogP contribution in [0.3, 0.4) is 0 Å². The molecule has 1 aliphatic rings. The Kier molecular flexibility index (Phi) is 5.15. The number of hydrogen-bond donors (Lipinski definition) is 2. The van der Waals surface area contributed by atoms with Crippen LogP contribution < -0.4 is 10.0 Å². The van der Waals surface area contributed by atoms with Crippen LogP contribution in [0.2, 0.25) is 0 Å². The predicted molar refractivity (Wildman–Crippen MR) is 78.3 cm³/mol. The number of sulfonamides is 1. The maximum absolute atomic E-state index is 12.2. The molecule has 2 N–H and O–H groups in total. The van der Waals surface area contributed by atoms with Crippen molar-refractivity contribution in [3.63, 3.8) is 0 Å². The van der Waals surface area contributed by atoms with Gasteiger partial charge >= 0.3 is 0 Å². The molecule has 5 nitrogen and oxygen atoms in total. The number of ether oxygens (including phenoxy) is 1. The van der Waals surface area contributed by atoms with Gasteiger partial charge in [-0.05, 0) is 23.6 Å². The van der Waals surface area contributed by atoms with E-state index in [2.05, 4.69) is 23.9 Å². The van der Waals surface area contributed by atoms with Crippen LogP contribution in [0.1, 0.15) is 25.3 Å². The molecule has 1 unspecified atom stereocenters. The third-order valence-corrected chi connectivity index (χ3v) is 4.81. The zero-order chi connectivity index (χ0) is 14.6. The van der Waals surface area contributed by atoms with E-state index in [1.165, 1.54) is 0 Å². The molecule has 0 amide bonds. The summed E-state index contributed by atoms with van der Waals surface area (Å²) in [6.07, 6.45) is 0. The smallest absolute Gasteiger partial charge is 0.240 e. The molecule has 1 atom stereocenters. The zero-order valence-corrected chi connectivity index (χ0v) is 12.7. The van der Waals surface area contributed by atoms with E-state index in [4.69, 9.17) is 4.74 Å². The summed E-state index contributed by atoms with van der Waals surface area (Å²) >= 11 is 0. The molecule has 0 aliphatic carbocycles. The number of rotatable bonds is 5. The lowest BCUT2D eigenvalue weighted by molar-refractivity contribution is 0.0784. The number of hydrogen-bond acceptors (Lipinski definition) is 4. The lowest BCUT2D eigenvalue weighted by atomic mass is 10.0. The van der Waals surface area contributed by atoms with Crippen molar-refractivity contribution in [2.24, 2.45) is 0 Å².